The number of halogens is 1. The summed E-state index contributed by atoms with van der Waals surface area (Å²) >= 11 is 7.20. The van der Waals surface area contributed by atoms with Crippen LogP contribution in [0.15, 0.2) is 24.3 Å². The Bertz CT molecular complexity index is 473. The van der Waals surface area contributed by atoms with Gasteiger partial charge in [0.25, 0.3) is 0 Å². The van der Waals surface area contributed by atoms with Gasteiger partial charge in [-0.05, 0) is 17.7 Å². The molecule has 3 nitrogen and oxygen atoms in total. The zero-order valence-corrected chi connectivity index (χ0v) is 10.1. The summed E-state index contributed by atoms with van der Waals surface area (Å²) < 4.78 is 0. The third-order valence-electron chi connectivity index (χ3n) is 2.08. The van der Waals surface area contributed by atoms with E-state index in [1.807, 2.05) is 12.1 Å². The molecule has 0 amide bonds. The fraction of sp³-hybridized carbons (Fsp3) is 0.273. The lowest BCUT2D eigenvalue weighted by Crippen LogP contribution is -1.86. The van der Waals surface area contributed by atoms with Crippen LogP contribution in [0.25, 0.3) is 0 Å². The monoisotopic (exact) mass is 254 g/mol. The second-order valence-corrected chi connectivity index (χ2v) is 4.90. The first-order valence-corrected chi connectivity index (χ1v) is 6.28. The lowest BCUT2D eigenvalue weighted by Gasteiger charge is -1.97. The van der Waals surface area contributed by atoms with E-state index in [4.69, 9.17) is 11.6 Å². The SMILES string of the molecule is Oc1cccc(Cc2nnc(CCCl)s2)c1. The Labute approximate surface area is 103 Å². The molecule has 0 saturated heterocycles. The van der Waals surface area contributed by atoms with Crippen molar-refractivity contribution in [1.82, 2.24) is 10.2 Å². The molecule has 0 spiro atoms. The summed E-state index contributed by atoms with van der Waals surface area (Å²) in [6.45, 7) is 0. The van der Waals surface area contributed by atoms with Crippen LogP contribution in [0.2, 0.25) is 0 Å². The number of hydrogen-bond acceptors (Lipinski definition) is 4. The van der Waals surface area contributed by atoms with E-state index in [1.165, 1.54) is 0 Å². The fourth-order valence-corrected chi connectivity index (χ4v) is 2.55. The minimum absolute atomic E-state index is 0.281. The lowest BCUT2D eigenvalue weighted by molar-refractivity contribution is 0.474. The number of rotatable bonds is 4. The molecule has 1 N–H and O–H groups in total. The van der Waals surface area contributed by atoms with Gasteiger partial charge in [-0.2, -0.15) is 0 Å². The van der Waals surface area contributed by atoms with Crippen molar-refractivity contribution in [2.75, 3.05) is 5.88 Å². The van der Waals surface area contributed by atoms with Crippen molar-refractivity contribution >= 4 is 22.9 Å². The molecule has 0 aliphatic carbocycles. The van der Waals surface area contributed by atoms with Gasteiger partial charge in [0.15, 0.2) is 0 Å². The first kappa shape index (κ1) is 11.4. The van der Waals surface area contributed by atoms with E-state index in [-0.39, 0.29) is 5.75 Å². The van der Waals surface area contributed by atoms with Crippen LogP contribution in [-0.2, 0) is 12.8 Å². The summed E-state index contributed by atoms with van der Waals surface area (Å²) in [5.41, 5.74) is 1.04. The van der Waals surface area contributed by atoms with E-state index < -0.39 is 0 Å². The molecular weight excluding hydrogens is 244 g/mol. The van der Waals surface area contributed by atoms with Gasteiger partial charge in [-0.25, -0.2) is 0 Å². The zero-order valence-electron chi connectivity index (χ0n) is 8.56. The van der Waals surface area contributed by atoms with Crippen molar-refractivity contribution < 1.29 is 5.11 Å². The number of aryl methyl sites for hydroxylation is 1. The summed E-state index contributed by atoms with van der Waals surface area (Å²) in [7, 11) is 0. The fourth-order valence-electron chi connectivity index (χ4n) is 1.38. The molecular formula is C11H11ClN2OS. The minimum Gasteiger partial charge on any atom is -0.508 e. The first-order chi connectivity index (χ1) is 7.78. The van der Waals surface area contributed by atoms with Gasteiger partial charge in [-0.15, -0.1) is 33.1 Å². The molecule has 0 aliphatic rings. The summed E-state index contributed by atoms with van der Waals surface area (Å²) in [4.78, 5) is 0. The molecule has 0 bridgehead atoms. The topological polar surface area (TPSA) is 46.0 Å². The van der Waals surface area contributed by atoms with E-state index in [2.05, 4.69) is 10.2 Å². The molecule has 2 aromatic rings. The molecule has 0 atom stereocenters. The van der Waals surface area contributed by atoms with E-state index in [0.717, 1.165) is 22.0 Å². The second kappa shape index (κ2) is 5.27. The van der Waals surface area contributed by atoms with Crippen molar-refractivity contribution in [3.05, 3.63) is 39.8 Å². The van der Waals surface area contributed by atoms with Crippen LogP contribution in [0, 0.1) is 0 Å². The summed E-state index contributed by atoms with van der Waals surface area (Å²) in [6.07, 6.45) is 1.47. The van der Waals surface area contributed by atoms with Crippen molar-refractivity contribution in [2.45, 2.75) is 12.8 Å². The van der Waals surface area contributed by atoms with Gasteiger partial charge in [0.05, 0.1) is 0 Å². The van der Waals surface area contributed by atoms with Crippen LogP contribution in [0.1, 0.15) is 15.6 Å². The molecule has 1 aromatic carbocycles. The Morgan fingerprint density at radius 2 is 2.06 bits per heavy atom. The minimum atomic E-state index is 0.281. The van der Waals surface area contributed by atoms with Gasteiger partial charge in [0.1, 0.15) is 15.8 Å². The standard InChI is InChI=1S/C11H11ClN2OS/c12-5-4-10-13-14-11(16-10)7-8-2-1-3-9(15)6-8/h1-3,6,15H,4-5,7H2. The van der Waals surface area contributed by atoms with Crippen LogP contribution in [0.5, 0.6) is 5.75 Å². The molecule has 5 heteroatoms. The summed E-state index contributed by atoms with van der Waals surface area (Å²) in [6, 6.07) is 7.18. The van der Waals surface area contributed by atoms with Crippen molar-refractivity contribution in [3.63, 3.8) is 0 Å². The highest BCUT2D eigenvalue weighted by atomic mass is 35.5. The maximum absolute atomic E-state index is 9.33. The quantitative estimate of drug-likeness (QED) is 0.854. The van der Waals surface area contributed by atoms with E-state index >= 15 is 0 Å². The van der Waals surface area contributed by atoms with Gasteiger partial charge in [0, 0.05) is 18.7 Å². The molecule has 0 unspecified atom stereocenters. The molecule has 0 fully saturated rings. The number of benzene rings is 1. The third-order valence-corrected chi connectivity index (χ3v) is 3.25. The maximum atomic E-state index is 9.33. The largest absolute Gasteiger partial charge is 0.508 e. The van der Waals surface area contributed by atoms with Crippen molar-refractivity contribution in [2.24, 2.45) is 0 Å². The summed E-state index contributed by atoms with van der Waals surface area (Å²) in [5.74, 6) is 0.851. The molecule has 16 heavy (non-hydrogen) atoms. The number of nitrogens with zero attached hydrogens (tertiary/aromatic N) is 2. The van der Waals surface area contributed by atoms with Gasteiger partial charge in [-0.1, -0.05) is 12.1 Å². The Morgan fingerprint density at radius 1 is 1.25 bits per heavy atom. The van der Waals surface area contributed by atoms with Crippen LogP contribution in [0.4, 0.5) is 0 Å². The Morgan fingerprint density at radius 3 is 2.81 bits per heavy atom. The highest BCUT2D eigenvalue weighted by Crippen LogP contribution is 2.18. The average Bonchev–Trinajstić information content (AvgIpc) is 2.66. The normalized spacial score (nSPS) is 10.6. The molecule has 1 heterocycles. The molecule has 0 aliphatic heterocycles. The van der Waals surface area contributed by atoms with Crippen molar-refractivity contribution in [1.29, 1.82) is 0 Å². The number of phenolic OH excluding ortho intramolecular Hbond substituents is 1. The van der Waals surface area contributed by atoms with Crippen molar-refractivity contribution in [3.8, 4) is 5.75 Å². The first-order valence-electron chi connectivity index (χ1n) is 4.93. The van der Waals surface area contributed by atoms with Crippen LogP contribution >= 0.6 is 22.9 Å². The summed E-state index contributed by atoms with van der Waals surface area (Å²) in [5, 5.41) is 19.4. The van der Waals surface area contributed by atoms with E-state index in [9.17, 15) is 5.11 Å². The zero-order chi connectivity index (χ0) is 11.4. The van der Waals surface area contributed by atoms with E-state index in [0.29, 0.717) is 12.3 Å². The second-order valence-electron chi connectivity index (χ2n) is 3.38. The van der Waals surface area contributed by atoms with E-state index in [1.54, 1.807) is 23.5 Å². The highest BCUT2D eigenvalue weighted by Gasteiger charge is 2.05. The van der Waals surface area contributed by atoms with Crippen LogP contribution in [-0.4, -0.2) is 21.2 Å². The molecule has 1 aromatic heterocycles. The van der Waals surface area contributed by atoms with Gasteiger partial charge in [0.2, 0.25) is 0 Å². The molecule has 0 radical (unpaired) electrons. The Hall–Kier alpha value is -1.13. The predicted molar refractivity (Wildman–Crippen MR) is 65.2 cm³/mol. The number of hydrogen-bond donors (Lipinski definition) is 1. The molecule has 0 saturated carbocycles. The number of aromatic nitrogens is 2. The third kappa shape index (κ3) is 2.93. The Kier molecular flexibility index (Phi) is 3.74. The van der Waals surface area contributed by atoms with Gasteiger partial charge >= 0.3 is 0 Å². The molecule has 2 rings (SSSR count). The number of aromatic hydroxyl groups is 1. The van der Waals surface area contributed by atoms with Crippen LogP contribution < -0.4 is 0 Å². The average molecular weight is 255 g/mol. The Balaban J connectivity index is 2.08. The number of phenols is 1. The maximum Gasteiger partial charge on any atom is 0.121 e. The number of alkyl halides is 1. The predicted octanol–water partition coefficient (Wildman–Crippen LogP) is 2.62. The smallest absolute Gasteiger partial charge is 0.121 e. The molecule has 84 valence electrons. The van der Waals surface area contributed by atoms with Gasteiger partial charge in [-0.3, -0.25) is 0 Å². The van der Waals surface area contributed by atoms with Crippen LogP contribution in [0.3, 0.4) is 0 Å². The lowest BCUT2D eigenvalue weighted by atomic mass is 10.1. The highest BCUT2D eigenvalue weighted by molar-refractivity contribution is 7.11. The van der Waals surface area contributed by atoms with Gasteiger partial charge < -0.3 is 5.11 Å².